The number of nitrogens with zero attached hydrogens (tertiary/aromatic N) is 4. The number of carbonyl (C=O) groups is 3. The van der Waals surface area contributed by atoms with Gasteiger partial charge in [-0.05, 0) is 24.6 Å². The second kappa shape index (κ2) is 8.38. The Morgan fingerprint density at radius 1 is 1.09 bits per heavy atom. The number of ether oxygens (including phenoxy) is 1. The van der Waals surface area contributed by atoms with Gasteiger partial charge in [0.15, 0.2) is 0 Å². The minimum absolute atomic E-state index is 0.0120. The van der Waals surface area contributed by atoms with Crippen molar-refractivity contribution in [3.05, 3.63) is 47.9 Å². The van der Waals surface area contributed by atoms with Crippen molar-refractivity contribution in [1.82, 2.24) is 24.6 Å². The molecule has 2 fully saturated rings. The Morgan fingerprint density at radius 3 is 2.58 bits per heavy atom. The predicted molar refractivity (Wildman–Crippen MR) is 121 cm³/mol. The number of hydrogen-bond acceptors (Lipinski definition) is 5. The maximum atomic E-state index is 12.8. The van der Waals surface area contributed by atoms with Gasteiger partial charge < -0.3 is 14.2 Å². The summed E-state index contributed by atoms with van der Waals surface area (Å²) in [5, 5.41) is 7.90. The zero-order chi connectivity index (χ0) is 23.1. The highest BCUT2D eigenvalue weighted by atomic mass is 16.5. The third-order valence-corrected chi connectivity index (χ3v) is 6.61. The Hall–Kier alpha value is -3.62. The number of piperidine rings is 2. The van der Waals surface area contributed by atoms with Crippen LogP contribution in [0.1, 0.15) is 47.8 Å². The SMILES string of the molecule is Cn1cccc1C(=O)N1CCC(Oc2cccc3c(C4CCC(=O)NC4=O)nn(C)c23)CC1. The van der Waals surface area contributed by atoms with Crippen LogP contribution in [0.15, 0.2) is 36.5 Å². The first-order chi connectivity index (χ1) is 15.9. The molecule has 0 radical (unpaired) electrons. The average molecular weight is 450 g/mol. The highest BCUT2D eigenvalue weighted by molar-refractivity contribution is 6.03. The molecule has 2 saturated heterocycles. The Kier molecular flexibility index (Phi) is 5.39. The molecule has 9 heteroatoms. The summed E-state index contributed by atoms with van der Waals surface area (Å²) >= 11 is 0. The Labute approximate surface area is 191 Å². The van der Waals surface area contributed by atoms with E-state index in [1.807, 2.05) is 60.1 Å². The number of hydrogen-bond donors (Lipinski definition) is 1. The van der Waals surface area contributed by atoms with Crippen LogP contribution < -0.4 is 10.1 Å². The first kappa shape index (κ1) is 21.2. The molecule has 2 aromatic heterocycles. The maximum Gasteiger partial charge on any atom is 0.270 e. The molecule has 4 heterocycles. The van der Waals surface area contributed by atoms with Crippen LogP contribution in [0.3, 0.4) is 0 Å². The lowest BCUT2D eigenvalue weighted by molar-refractivity contribution is -0.134. The van der Waals surface area contributed by atoms with Crippen LogP contribution in [-0.2, 0) is 23.7 Å². The smallest absolute Gasteiger partial charge is 0.270 e. The summed E-state index contributed by atoms with van der Waals surface area (Å²) in [5.74, 6) is -0.226. The van der Waals surface area contributed by atoms with E-state index in [4.69, 9.17) is 4.74 Å². The monoisotopic (exact) mass is 449 g/mol. The van der Waals surface area contributed by atoms with Gasteiger partial charge in [0.25, 0.3) is 5.91 Å². The van der Waals surface area contributed by atoms with Crippen LogP contribution >= 0.6 is 0 Å². The fourth-order valence-corrected chi connectivity index (χ4v) is 4.84. The van der Waals surface area contributed by atoms with Crippen molar-refractivity contribution < 1.29 is 19.1 Å². The van der Waals surface area contributed by atoms with Crippen molar-refractivity contribution in [2.24, 2.45) is 14.1 Å². The molecule has 0 aliphatic carbocycles. The number of benzene rings is 1. The normalized spacial score (nSPS) is 19.7. The molecule has 3 amide bonds. The number of amides is 3. The summed E-state index contributed by atoms with van der Waals surface area (Å²) in [6, 6.07) is 9.48. The maximum absolute atomic E-state index is 12.8. The summed E-state index contributed by atoms with van der Waals surface area (Å²) in [6.07, 6.45) is 4.11. The van der Waals surface area contributed by atoms with Gasteiger partial charge in [0.05, 0.1) is 11.6 Å². The van der Waals surface area contributed by atoms with E-state index in [0.717, 1.165) is 23.7 Å². The molecule has 9 nitrogen and oxygen atoms in total. The molecule has 2 aliphatic rings. The van der Waals surface area contributed by atoms with E-state index < -0.39 is 5.92 Å². The van der Waals surface area contributed by atoms with Crippen molar-refractivity contribution in [3.8, 4) is 5.75 Å². The van der Waals surface area contributed by atoms with Crippen LogP contribution in [0.4, 0.5) is 0 Å². The average Bonchev–Trinajstić information content (AvgIpc) is 3.37. The number of likely N-dealkylation sites (tertiary alicyclic amines) is 1. The van der Waals surface area contributed by atoms with Gasteiger partial charge in [0.2, 0.25) is 11.8 Å². The molecule has 1 unspecified atom stereocenters. The van der Waals surface area contributed by atoms with E-state index in [1.54, 1.807) is 4.68 Å². The van der Waals surface area contributed by atoms with E-state index in [0.29, 0.717) is 43.1 Å². The summed E-state index contributed by atoms with van der Waals surface area (Å²) in [4.78, 5) is 38.6. The predicted octanol–water partition coefficient (Wildman–Crippen LogP) is 2.12. The first-order valence-corrected chi connectivity index (χ1v) is 11.3. The third kappa shape index (κ3) is 3.88. The number of nitrogens with one attached hydrogen (secondary N) is 1. The highest BCUT2D eigenvalue weighted by Crippen LogP contribution is 2.35. The molecule has 3 aromatic rings. The molecule has 33 heavy (non-hydrogen) atoms. The van der Waals surface area contributed by atoms with Gasteiger partial charge >= 0.3 is 0 Å². The lowest BCUT2D eigenvalue weighted by Crippen LogP contribution is -2.42. The molecular weight excluding hydrogens is 422 g/mol. The molecule has 172 valence electrons. The zero-order valence-corrected chi connectivity index (χ0v) is 18.8. The van der Waals surface area contributed by atoms with Gasteiger partial charge in [-0.1, -0.05) is 12.1 Å². The number of rotatable bonds is 4. The first-order valence-electron chi connectivity index (χ1n) is 11.3. The fraction of sp³-hybridized carbons (Fsp3) is 0.417. The van der Waals surface area contributed by atoms with E-state index in [9.17, 15) is 14.4 Å². The third-order valence-electron chi connectivity index (χ3n) is 6.61. The van der Waals surface area contributed by atoms with Gasteiger partial charge in [-0.2, -0.15) is 5.10 Å². The van der Waals surface area contributed by atoms with E-state index in [-0.39, 0.29) is 23.8 Å². The summed E-state index contributed by atoms with van der Waals surface area (Å²) in [5.41, 5.74) is 2.19. The van der Waals surface area contributed by atoms with Crippen LogP contribution in [-0.4, -0.2) is 56.2 Å². The van der Waals surface area contributed by atoms with Gasteiger partial charge in [-0.15, -0.1) is 0 Å². The van der Waals surface area contributed by atoms with Crippen molar-refractivity contribution in [2.75, 3.05) is 13.1 Å². The standard InChI is InChI=1S/C24H27N5O4/c1-27-12-4-6-18(27)24(32)29-13-10-15(11-14-29)33-19-7-3-5-16-21(26-28(2)22(16)19)17-8-9-20(30)25-23(17)31/h3-7,12,15,17H,8-11,13-14H2,1-2H3,(H,25,30,31). The van der Waals surface area contributed by atoms with Crippen molar-refractivity contribution in [2.45, 2.75) is 37.7 Å². The molecule has 0 saturated carbocycles. The number of fused-ring (bicyclic) bond motifs is 1. The molecule has 1 atom stereocenters. The van der Waals surface area contributed by atoms with Gasteiger partial charge in [0, 0.05) is 58.0 Å². The molecular formula is C24H27N5O4. The Bertz CT molecular complexity index is 1230. The zero-order valence-electron chi connectivity index (χ0n) is 18.8. The number of aromatic nitrogens is 3. The largest absolute Gasteiger partial charge is 0.488 e. The molecule has 1 N–H and O–H groups in total. The van der Waals surface area contributed by atoms with Crippen molar-refractivity contribution in [3.63, 3.8) is 0 Å². The van der Waals surface area contributed by atoms with E-state index in [2.05, 4.69) is 10.4 Å². The van der Waals surface area contributed by atoms with Crippen molar-refractivity contribution >= 4 is 28.6 Å². The molecule has 0 bridgehead atoms. The number of para-hydroxylation sites is 1. The Balaban J connectivity index is 1.32. The molecule has 5 rings (SSSR count). The van der Waals surface area contributed by atoms with Gasteiger partial charge in [0.1, 0.15) is 23.1 Å². The van der Waals surface area contributed by atoms with Crippen LogP contribution in [0, 0.1) is 0 Å². The Morgan fingerprint density at radius 2 is 1.88 bits per heavy atom. The second-order valence-corrected chi connectivity index (χ2v) is 8.78. The van der Waals surface area contributed by atoms with Gasteiger partial charge in [-0.3, -0.25) is 24.4 Å². The number of imide groups is 1. The lowest BCUT2D eigenvalue weighted by atomic mass is 9.93. The fourth-order valence-electron chi connectivity index (χ4n) is 4.84. The van der Waals surface area contributed by atoms with Crippen LogP contribution in [0.2, 0.25) is 0 Å². The molecule has 0 spiro atoms. The van der Waals surface area contributed by atoms with E-state index >= 15 is 0 Å². The quantitative estimate of drug-likeness (QED) is 0.615. The molecule has 2 aliphatic heterocycles. The van der Waals surface area contributed by atoms with Crippen LogP contribution in [0.25, 0.3) is 10.9 Å². The highest BCUT2D eigenvalue weighted by Gasteiger charge is 2.32. The second-order valence-electron chi connectivity index (χ2n) is 8.78. The minimum atomic E-state index is -0.451. The topological polar surface area (TPSA) is 98.5 Å². The van der Waals surface area contributed by atoms with Gasteiger partial charge in [-0.25, -0.2) is 0 Å². The van der Waals surface area contributed by atoms with E-state index in [1.165, 1.54) is 0 Å². The number of carbonyl (C=O) groups excluding carboxylic acids is 3. The van der Waals surface area contributed by atoms with Crippen LogP contribution in [0.5, 0.6) is 5.75 Å². The van der Waals surface area contributed by atoms with Crippen molar-refractivity contribution in [1.29, 1.82) is 0 Å². The minimum Gasteiger partial charge on any atom is -0.488 e. The summed E-state index contributed by atoms with van der Waals surface area (Å²) in [6.45, 7) is 1.27. The lowest BCUT2D eigenvalue weighted by Gasteiger charge is -2.32. The summed E-state index contributed by atoms with van der Waals surface area (Å²) < 4.78 is 9.97. The number of aryl methyl sites for hydroxylation is 2. The molecule has 1 aromatic carbocycles. The summed E-state index contributed by atoms with van der Waals surface area (Å²) in [7, 11) is 3.71.